The molecule has 3 rings (SSSR count). The average molecular weight is 399 g/mol. The van der Waals surface area contributed by atoms with Gasteiger partial charge in [0, 0.05) is 10.0 Å². The van der Waals surface area contributed by atoms with Gasteiger partial charge in [-0.3, -0.25) is 14.5 Å². The van der Waals surface area contributed by atoms with Crippen LogP contribution in [0.1, 0.15) is 31.2 Å². The van der Waals surface area contributed by atoms with Crippen LogP contribution < -0.4 is 5.32 Å². The van der Waals surface area contributed by atoms with Gasteiger partial charge < -0.3 is 10.1 Å². The monoisotopic (exact) mass is 398 g/mol. The first-order valence-electron chi connectivity index (χ1n) is 7.65. The Bertz CT molecular complexity index is 703. The van der Waals surface area contributed by atoms with Gasteiger partial charge in [-0.1, -0.05) is 34.8 Å². The smallest absolute Gasteiger partial charge is 0.326 e. The van der Waals surface area contributed by atoms with Crippen LogP contribution in [0.25, 0.3) is 0 Å². The minimum atomic E-state index is -0.836. The lowest BCUT2D eigenvalue weighted by molar-refractivity contribution is -0.148. The molecule has 8 heteroatoms. The van der Waals surface area contributed by atoms with Crippen molar-refractivity contribution >= 4 is 33.8 Å². The number of amides is 3. The Labute approximate surface area is 146 Å². The van der Waals surface area contributed by atoms with Crippen LogP contribution in [0.4, 0.5) is 9.18 Å². The number of urea groups is 1. The molecule has 6 nitrogen and oxygen atoms in total. The first kappa shape index (κ1) is 16.9. The molecule has 0 unspecified atom stereocenters. The van der Waals surface area contributed by atoms with E-state index in [1.54, 1.807) is 0 Å². The fourth-order valence-electron chi connectivity index (χ4n) is 3.11. The summed E-state index contributed by atoms with van der Waals surface area (Å²) in [6.07, 6.45) is 2.96. The first-order chi connectivity index (χ1) is 11.4. The Morgan fingerprint density at radius 2 is 2.04 bits per heavy atom. The lowest BCUT2D eigenvalue weighted by Crippen LogP contribution is -2.44. The normalized spacial score (nSPS) is 19.0. The average Bonchev–Trinajstić information content (AvgIpc) is 3.08. The number of hydrogen-bond donors (Lipinski definition) is 1. The van der Waals surface area contributed by atoms with Crippen LogP contribution in [0.15, 0.2) is 22.7 Å². The van der Waals surface area contributed by atoms with Gasteiger partial charge in [0.15, 0.2) is 0 Å². The number of imide groups is 1. The largest absolute Gasteiger partial charge is 0.459 e. The molecule has 1 N–H and O–H groups in total. The van der Waals surface area contributed by atoms with Gasteiger partial charge in [0.1, 0.15) is 24.5 Å². The number of nitrogens with one attached hydrogen (secondary N) is 1. The lowest BCUT2D eigenvalue weighted by Gasteiger charge is -2.19. The minimum Gasteiger partial charge on any atom is -0.459 e. The van der Waals surface area contributed by atoms with Crippen LogP contribution in [-0.4, -0.2) is 34.9 Å². The molecule has 1 aromatic rings. The number of rotatable bonds is 4. The summed E-state index contributed by atoms with van der Waals surface area (Å²) in [4.78, 5) is 37.3. The van der Waals surface area contributed by atoms with E-state index < -0.39 is 29.9 Å². The molecule has 0 bridgehead atoms. The van der Waals surface area contributed by atoms with Gasteiger partial charge in [0.2, 0.25) is 0 Å². The SMILES string of the molecule is O=C(CN1C(=O)NC2(CCCC2)C1=O)OCc1ccc(F)cc1Br. The molecule has 0 aromatic heterocycles. The third-order valence-electron chi connectivity index (χ3n) is 4.39. The second kappa shape index (κ2) is 6.51. The minimum absolute atomic E-state index is 0.0749. The van der Waals surface area contributed by atoms with Crippen LogP contribution in [0, 0.1) is 5.82 Å². The van der Waals surface area contributed by atoms with Gasteiger partial charge in [-0.15, -0.1) is 0 Å². The molecule has 3 amide bonds. The summed E-state index contributed by atoms with van der Waals surface area (Å²) in [5, 5.41) is 2.70. The fourth-order valence-corrected chi connectivity index (χ4v) is 3.57. The molecule has 24 heavy (non-hydrogen) atoms. The molecular weight excluding hydrogens is 383 g/mol. The molecule has 1 aliphatic heterocycles. The second-order valence-electron chi connectivity index (χ2n) is 6.01. The molecule has 0 atom stereocenters. The topological polar surface area (TPSA) is 75.7 Å². The molecule has 1 aliphatic carbocycles. The van der Waals surface area contributed by atoms with Gasteiger partial charge in [0.05, 0.1) is 0 Å². The van der Waals surface area contributed by atoms with Crippen LogP contribution >= 0.6 is 15.9 Å². The Kier molecular flexibility index (Phi) is 4.58. The molecule has 1 saturated carbocycles. The van der Waals surface area contributed by atoms with Gasteiger partial charge in [-0.2, -0.15) is 0 Å². The summed E-state index contributed by atoms with van der Waals surface area (Å²) in [7, 11) is 0. The van der Waals surface area contributed by atoms with Gasteiger partial charge in [0.25, 0.3) is 5.91 Å². The van der Waals surface area contributed by atoms with Crippen molar-refractivity contribution in [3.8, 4) is 0 Å². The van der Waals surface area contributed by atoms with Crippen molar-refractivity contribution in [1.82, 2.24) is 10.2 Å². The molecule has 1 aromatic carbocycles. The molecular formula is C16H16BrFN2O4. The highest BCUT2D eigenvalue weighted by atomic mass is 79.9. The van der Waals surface area contributed by atoms with Crippen molar-refractivity contribution in [1.29, 1.82) is 0 Å². The zero-order valence-corrected chi connectivity index (χ0v) is 14.4. The quantitative estimate of drug-likeness (QED) is 0.624. The molecule has 2 aliphatic rings. The third kappa shape index (κ3) is 3.15. The number of halogens is 2. The van der Waals surface area contributed by atoms with Crippen LogP contribution in [-0.2, 0) is 20.9 Å². The maximum Gasteiger partial charge on any atom is 0.326 e. The third-order valence-corrected chi connectivity index (χ3v) is 5.13. The number of hydrogen-bond acceptors (Lipinski definition) is 4. The second-order valence-corrected chi connectivity index (χ2v) is 6.86. The predicted molar refractivity (Wildman–Crippen MR) is 85.3 cm³/mol. The summed E-state index contributed by atoms with van der Waals surface area (Å²) in [5.41, 5.74) is -0.244. The Balaban J connectivity index is 1.59. The maximum atomic E-state index is 13.0. The van der Waals surface area contributed by atoms with Crippen LogP contribution in [0.2, 0.25) is 0 Å². The Morgan fingerprint density at radius 3 is 2.71 bits per heavy atom. The molecule has 1 heterocycles. The number of ether oxygens (including phenoxy) is 1. The van der Waals surface area contributed by atoms with Crippen molar-refractivity contribution in [3.63, 3.8) is 0 Å². The van der Waals surface area contributed by atoms with E-state index in [0.29, 0.717) is 22.9 Å². The number of benzene rings is 1. The number of esters is 1. The van der Waals surface area contributed by atoms with E-state index in [1.807, 2.05) is 0 Å². The van der Waals surface area contributed by atoms with Gasteiger partial charge in [-0.25, -0.2) is 9.18 Å². The van der Waals surface area contributed by atoms with Gasteiger partial charge >= 0.3 is 12.0 Å². The van der Waals surface area contributed by atoms with E-state index >= 15 is 0 Å². The summed E-state index contributed by atoms with van der Waals surface area (Å²) in [6.45, 7) is -0.500. The number of carbonyl (C=O) groups is 3. The van der Waals surface area contributed by atoms with Crippen molar-refractivity contribution < 1.29 is 23.5 Å². The lowest BCUT2D eigenvalue weighted by atomic mass is 9.98. The standard InChI is InChI=1S/C16H16BrFN2O4/c17-12-7-11(18)4-3-10(12)9-24-13(21)8-20-14(22)16(19-15(20)23)5-1-2-6-16/h3-4,7H,1-2,5-6,8-9H2,(H,19,23). The summed E-state index contributed by atoms with van der Waals surface area (Å²) < 4.78 is 18.6. The highest BCUT2D eigenvalue weighted by Gasteiger charge is 2.52. The predicted octanol–water partition coefficient (Wildman–Crippen LogP) is 2.50. The Morgan fingerprint density at radius 1 is 1.33 bits per heavy atom. The highest BCUT2D eigenvalue weighted by molar-refractivity contribution is 9.10. The highest BCUT2D eigenvalue weighted by Crippen LogP contribution is 2.34. The van der Waals surface area contributed by atoms with Gasteiger partial charge in [-0.05, 0) is 25.0 Å². The maximum absolute atomic E-state index is 13.0. The van der Waals surface area contributed by atoms with E-state index in [-0.39, 0.29) is 12.5 Å². The van der Waals surface area contributed by atoms with Crippen molar-refractivity contribution in [2.45, 2.75) is 37.8 Å². The van der Waals surface area contributed by atoms with E-state index in [2.05, 4.69) is 21.2 Å². The molecule has 128 valence electrons. The van der Waals surface area contributed by atoms with E-state index in [9.17, 15) is 18.8 Å². The van der Waals surface area contributed by atoms with E-state index in [4.69, 9.17) is 4.74 Å². The summed E-state index contributed by atoms with van der Waals surface area (Å²) in [5.74, 6) is -1.45. The number of nitrogens with zero attached hydrogens (tertiary/aromatic N) is 1. The molecule has 0 radical (unpaired) electrons. The van der Waals surface area contributed by atoms with Crippen molar-refractivity contribution in [2.24, 2.45) is 0 Å². The molecule has 1 spiro atoms. The van der Waals surface area contributed by atoms with Crippen molar-refractivity contribution in [3.05, 3.63) is 34.1 Å². The Hall–Kier alpha value is -1.96. The van der Waals surface area contributed by atoms with Crippen molar-refractivity contribution in [2.75, 3.05) is 6.54 Å². The summed E-state index contributed by atoms with van der Waals surface area (Å²) in [6, 6.07) is 3.47. The van der Waals surface area contributed by atoms with Crippen LogP contribution in [0.5, 0.6) is 0 Å². The first-order valence-corrected chi connectivity index (χ1v) is 8.44. The zero-order chi connectivity index (χ0) is 17.3. The summed E-state index contributed by atoms with van der Waals surface area (Å²) >= 11 is 3.19. The number of carbonyl (C=O) groups excluding carboxylic acids is 3. The van der Waals surface area contributed by atoms with E-state index in [0.717, 1.165) is 17.7 Å². The van der Waals surface area contributed by atoms with E-state index in [1.165, 1.54) is 18.2 Å². The zero-order valence-electron chi connectivity index (χ0n) is 12.8. The van der Waals surface area contributed by atoms with Crippen LogP contribution in [0.3, 0.4) is 0 Å². The molecule has 2 fully saturated rings. The molecule has 1 saturated heterocycles. The fraction of sp³-hybridized carbons (Fsp3) is 0.438.